The van der Waals surface area contributed by atoms with Gasteiger partial charge in [0.05, 0.1) is 17.9 Å². The maximum atomic E-state index is 5.59. The smallest absolute Gasteiger partial charge is 0.216 e. The summed E-state index contributed by atoms with van der Waals surface area (Å²) in [6, 6.07) is 0.198. The van der Waals surface area contributed by atoms with Crippen LogP contribution >= 0.6 is 24.0 Å². The number of hydrogen-bond acceptors (Lipinski definition) is 5. The molecule has 146 valence electrons. The zero-order chi connectivity index (χ0) is 18.4. The van der Waals surface area contributed by atoms with E-state index in [1.807, 2.05) is 44.9 Å². The fraction of sp³-hybridized carbons (Fsp3) is 0.588. The van der Waals surface area contributed by atoms with Crippen LogP contribution in [-0.4, -0.2) is 52.8 Å². The Kier molecular flexibility index (Phi) is 9.06. The lowest BCUT2D eigenvalue weighted by Gasteiger charge is -2.24. The number of nitrogens with one attached hydrogen (secondary N) is 2. The summed E-state index contributed by atoms with van der Waals surface area (Å²) in [6.45, 7) is 7.80. The van der Waals surface area contributed by atoms with Gasteiger partial charge in [-0.05, 0) is 34.9 Å². The molecule has 2 aromatic heterocycles. The first kappa shape index (κ1) is 22.4. The number of guanidine groups is 1. The van der Waals surface area contributed by atoms with Crippen LogP contribution < -0.4 is 10.6 Å². The third-order valence-corrected chi connectivity index (χ3v) is 3.99. The number of halogens is 1. The zero-order valence-corrected chi connectivity index (χ0v) is 18.7. The number of aryl methyl sites for hydroxylation is 3. The van der Waals surface area contributed by atoms with E-state index in [1.165, 1.54) is 0 Å². The second-order valence-electron chi connectivity index (χ2n) is 6.25. The second kappa shape index (κ2) is 10.5. The Labute approximate surface area is 172 Å². The van der Waals surface area contributed by atoms with Crippen LogP contribution in [0.15, 0.2) is 21.8 Å². The van der Waals surface area contributed by atoms with Crippen molar-refractivity contribution in [2.45, 2.75) is 33.4 Å². The molecule has 0 saturated heterocycles. The summed E-state index contributed by atoms with van der Waals surface area (Å²) >= 11 is 0. The Morgan fingerprint density at radius 1 is 1.35 bits per heavy atom. The Morgan fingerprint density at radius 2 is 2.08 bits per heavy atom. The van der Waals surface area contributed by atoms with Crippen LogP contribution in [0, 0.1) is 13.8 Å². The second-order valence-corrected chi connectivity index (χ2v) is 6.25. The molecule has 2 N–H and O–H groups in total. The van der Waals surface area contributed by atoms with Gasteiger partial charge in [0, 0.05) is 31.9 Å². The third kappa shape index (κ3) is 6.27. The number of aliphatic imine (C=N–C) groups is 1. The molecule has 1 unspecified atom stereocenters. The first-order valence-corrected chi connectivity index (χ1v) is 8.50. The molecule has 2 aromatic rings. The largest absolute Gasteiger partial charge is 0.444 e. The number of nitrogens with zero attached hydrogens (tertiary/aromatic N) is 5. The van der Waals surface area contributed by atoms with Crippen molar-refractivity contribution in [1.82, 2.24) is 30.3 Å². The van der Waals surface area contributed by atoms with Crippen molar-refractivity contribution >= 4 is 29.9 Å². The van der Waals surface area contributed by atoms with Gasteiger partial charge >= 0.3 is 0 Å². The van der Waals surface area contributed by atoms with E-state index in [0.29, 0.717) is 19.0 Å². The molecular formula is C17H30IN7O. The van der Waals surface area contributed by atoms with E-state index < -0.39 is 0 Å². The normalized spacial score (nSPS) is 12.8. The summed E-state index contributed by atoms with van der Waals surface area (Å²) in [7, 11) is 6.04. The van der Waals surface area contributed by atoms with Crippen LogP contribution in [0.1, 0.15) is 35.9 Å². The van der Waals surface area contributed by atoms with E-state index in [1.54, 1.807) is 0 Å². The quantitative estimate of drug-likeness (QED) is 0.362. The molecule has 2 heterocycles. The van der Waals surface area contributed by atoms with Gasteiger partial charge in [0.1, 0.15) is 12.3 Å². The van der Waals surface area contributed by atoms with E-state index in [4.69, 9.17) is 4.42 Å². The van der Waals surface area contributed by atoms with Crippen molar-refractivity contribution in [2.24, 2.45) is 12.0 Å². The molecule has 0 fully saturated rings. The Balaban J connectivity index is 0.00000338. The highest BCUT2D eigenvalue weighted by Gasteiger charge is 2.16. The number of rotatable bonds is 7. The van der Waals surface area contributed by atoms with Gasteiger partial charge in [-0.25, -0.2) is 9.98 Å². The molecule has 2 rings (SSSR count). The minimum Gasteiger partial charge on any atom is -0.444 e. The van der Waals surface area contributed by atoms with E-state index in [-0.39, 0.29) is 30.0 Å². The Bertz CT molecular complexity index is 688. The van der Waals surface area contributed by atoms with Gasteiger partial charge in [0.25, 0.3) is 0 Å². The predicted molar refractivity (Wildman–Crippen MR) is 114 cm³/mol. The SMILES string of the molecule is CCNC(=NCc1nc(C)c(C)o1)NCC(c1cnn(C)c1)N(C)C.I. The van der Waals surface area contributed by atoms with E-state index >= 15 is 0 Å². The van der Waals surface area contributed by atoms with Crippen molar-refractivity contribution in [3.63, 3.8) is 0 Å². The summed E-state index contributed by atoms with van der Waals surface area (Å²) in [5, 5.41) is 10.9. The molecule has 0 bridgehead atoms. The maximum Gasteiger partial charge on any atom is 0.216 e. The maximum absolute atomic E-state index is 5.59. The first-order valence-electron chi connectivity index (χ1n) is 8.50. The average molecular weight is 475 g/mol. The molecule has 0 aliphatic heterocycles. The lowest BCUT2D eigenvalue weighted by molar-refractivity contribution is 0.298. The van der Waals surface area contributed by atoms with Gasteiger partial charge < -0.3 is 20.0 Å². The van der Waals surface area contributed by atoms with Crippen molar-refractivity contribution in [2.75, 3.05) is 27.2 Å². The van der Waals surface area contributed by atoms with Gasteiger partial charge in [-0.15, -0.1) is 24.0 Å². The van der Waals surface area contributed by atoms with E-state index in [0.717, 1.165) is 29.5 Å². The highest BCUT2D eigenvalue weighted by molar-refractivity contribution is 14.0. The van der Waals surface area contributed by atoms with Crippen molar-refractivity contribution in [1.29, 1.82) is 0 Å². The fourth-order valence-electron chi connectivity index (χ4n) is 2.50. The summed E-state index contributed by atoms with van der Waals surface area (Å²) in [6.07, 6.45) is 3.93. The average Bonchev–Trinajstić information content (AvgIpc) is 3.11. The minimum absolute atomic E-state index is 0. The molecule has 0 radical (unpaired) electrons. The van der Waals surface area contributed by atoms with Gasteiger partial charge in [-0.1, -0.05) is 0 Å². The molecule has 0 amide bonds. The number of aromatic nitrogens is 3. The number of hydrogen-bond donors (Lipinski definition) is 2. The lowest BCUT2D eigenvalue weighted by atomic mass is 10.1. The molecule has 0 aromatic carbocycles. The van der Waals surface area contributed by atoms with Gasteiger partial charge in [0.15, 0.2) is 5.96 Å². The zero-order valence-electron chi connectivity index (χ0n) is 16.4. The number of oxazole rings is 1. The van der Waals surface area contributed by atoms with Gasteiger partial charge in [0.2, 0.25) is 5.89 Å². The van der Waals surface area contributed by atoms with Crippen LogP contribution in [0.4, 0.5) is 0 Å². The highest BCUT2D eigenvalue weighted by Crippen LogP contribution is 2.16. The standard InChI is InChI=1S/C17H29N7O.HI/c1-7-18-17(20-10-16-22-12(2)13(3)25-16)19-9-15(23(4)5)14-8-21-24(6)11-14;/h8,11,15H,7,9-10H2,1-6H3,(H2,18,19,20);1H. The third-order valence-electron chi connectivity index (χ3n) is 3.99. The van der Waals surface area contributed by atoms with Crippen LogP contribution in [0.5, 0.6) is 0 Å². The van der Waals surface area contributed by atoms with Gasteiger partial charge in [-0.2, -0.15) is 5.10 Å². The summed E-state index contributed by atoms with van der Waals surface area (Å²) in [5.41, 5.74) is 2.07. The van der Waals surface area contributed by atoms with Crippen LogP contribution in [0.25, 0.3) is 0 Å². The van der Waals surface area contributed by atoms with Crippen LogP contribution in [-0.2, 0) is 13.6 Å². The molecule has 26 heavy (non-hydrogen) atoms. The molecule has 0 aliphatic carbocycles. The minimum atomic E-state index is 0. The Hall–Kier alpha value is -1.62. The topological polar surface area (TPSA) is 83.5 Å². The van der Waals surface area contributed by atoms with Crippen LogP contribution in [0.2, 0.25) is 0 Å². The molecule has 1 atom stereocenters. The molecule has 0 aliphatic rings. The number of likely N-dealkylation sites (N-methyl/N-ethyl adjacent to an activating group) is 1. The summed E-state index contributed by atoms with van der Waals surface area (Å²) < 4.78 is 7.40. The highest BCUT2D eigenvalue weighted by atomic mass is 127. The molecule has 8 nitrogen and oxygen atoms in total. The monoisotopic (exact) mass is 475 g/mol. The molecule has 0 spiro atoms. The van der Waals surface area contributed by atoms with E-state index in [2.05, 4.69) is 44.7 Å². The predicted octanol–water partition coefficient (Wildman–Crippen LogP) is 2.00. The lowest BCUT2D eigenvalue weighted by Crippen LogP contribution is -2.41. The molecule has 0 saturated carbocycles. The van der Waals surface area contributed by atoms with Crippen LogP contribution in [0.3, 0.4) is 0 Å². The Morgan fingerprint density at radius 3 is 2.58 bits per heavy atom. The van der Waals surface area contributed by atoms with Crippen molar-refractivity contribution in [3.05, 3.63) is 35.3 Å². The van der Waals surface area contributed by atoms with Crippen molar-refractivity contribution in [3.8, 4) is 0 Å². The summed E-state index contributed by atoms with van der Waals surface area (Å²) in [5.74, 6) is 2.21. The van der Waals surface area contributed by atoms with Gasteiger partial charge in [-0.3, -0.25) is 4.68 Å². The summed E-state index contributed by atoms with van der Waals surface area (Å²) in [4.78, 5) is 11.1. The molecular weight excluding hydrogens is 445 g/mol. The fourth-order valence-corrected chi connectivity index (χ4v) is 2.50. The van der Waals surface area contributed by atoms with E-state index in [9.17, 15) is 0 Å². The van der Waals surface area contributed by atoms with Crippen molar-refractivity contribution < 1.29 is 4.42 Å². The molecule has 9 heteroatoms. The first-order chi connectivity index (χ1) is 11.9.